The van der Waals surface area contributed by atoms with Crippen molar-refractivity contribution < 1.29 is 23.1 Å². The van der Waals surface area contributed by atoms with Crippen molar-refractivity contribution in [2.75, 3.05) is 6.54 Å². The van der Waals surface area contributed by atoms with Gasteiger partial charge in [0.05, 0.1) is 6.54 Å². The lowest BCUT2D eigenvalue weighted by atomic mass is 10.3. The molecule has 12 heavy (non-hydrogen) atoms. The monoisotopic (exact) mass is 183 g/mol. The summed E-state index contributed by atoms with van der Waals surface area (Å²) in [7, 11) is 0. The number of alkyl halides is 3. The minimum atomic E-state index is -4.34. The molecule has 1 aliphatic rings. The van der Waals surface area contributed by atoms with E-state index >= 15 is 0 Å². The van der Waals surface area contributed by atoms with Gasteiger partial charge in [0.2, 0.25) is 0 Å². The summed E-state index contributed by atoms with van der Waals surface area (Å²) in [6.07, 6.45) is -3.79. The third kappa shape index (κ3) is 2.10. The van der Waals surface area contributed by atoms with Gasteiger partial charge < -0.3 is 5.11 Å². The van der Waals surface area contributed by atoms with Crippen LogP contribution < -0.4 is 5.32 Å². The van der Waals surface area contributed by atoms with E-state index in [1.807, 2.05) is 5.32 Å². The molecule has 0 spiro atoms. The SMILES string of the molecule is O=C(O)C1(NCC(F)(F)F)CC1. The van der Waals surface area contributed by atoms with Gasteiger partial charge in [-0.25, -0.2) is 0 Å². The molecular formula is C6H8F3NO2. The van der Waals surface area contributed by atoms with Crippen LogP contribution in [0.2, 0.25) is 0 Å². The Morgan fingerprint density at radius 3 is 2.25 bits per heavy atom. The molecule has 1 rings (SSSR count). The van der Waals surface area contributed by atoms with Crippen molar-refractivity contribution in [2.24, 2.45) is 0 Å². The number of rotatable bonds is 3. The van der Waals surface area contributed by atoms with Crippen molar-refractivity contribution >= 4 is 5.97 Å². The molecule has 0 aliphatic heterocycles. The maximum absolute atomic E-state index is 11.6. The molecule has 0 bridgehead atoms. The number of aliphatic carboxylic acids is 1. The lowest BCUT2D eigenvalue weighted by molar-refractivity contribution is -0.145. The Morgan fingerprint density at radius 1 is 1.50 bits per heavy atom. The van der Waals surface area contributed by atoms with E-state index < -0.39 is 24.2 Å². The Bertz CT molecular complexity index is 197. The highest BCUT2D eigenvalue weighted by atomic mass is 19.4. The summed E-state index contributed by atoms with van der Waals surface area (Å²) < 4.78 is 34.9. The highest BCUT2D eigenvalue weighted by molar-refractivity contribution is 5.82. The molecule has 0 unspecified atom stereocenters. The third-order valence-corrected chi connectivity index (χ3v) is 1.79. The van der Waals surface area contributed by atoms with E-state index in [2.05, 4.69) is 0 Å². The van der Waals surface area contributed by atoms with E-state index in [4.69, 9.17) is 5.11 Å². The molecule has 1 aliphatic carbocycles. The first kappa shape index (κ1) is 9.31. The highest BCUT2D eigenvalue weighted by Gasteiger charge is 2.51. The lowest BCUT2D eigenvalue weighted by Gasteiger charge is -2.13. The van der Waals surface area contributed by atoms with Crippen LogP contribution in [0.1, 0.15) is 12.8 Å². The van der Waals surface area contributed by atoms with Crippen molar-refractivity contribution in [3.8, 4) is 0 Å². The number of hydrogen-bond donors (Lipinski definition) is 2. The van der Waals surface area contributed by atoms with Gasteiger partial charge in [0, 0.05) is 0 Å². The second-order valence-corrected chi connectivity index (χ2v) is 2.86. The first-order valence-corrected chi connectivity index (χ1v) is 3.41. The molecule has 0 aromatic carbocycles. The predicted molar refractivity (Wildman–Crippen MR) is 33.7 cm³/mol. The van der Waals surface area contributed by atoms with Crippen molar-refractivity contribution in [2.45, 2.75) is 24.6 Å². The summed E-state index contributed by atoms with van der Waals surface area (Å²) in [4.78, 5) is 10.4. The smallest absolute Gasteiger partial charge is 0.401 e. The summed E-state index contributed by atoms with van der Waals surface area (Å²) in [6.45, 7) is -1.24. The molecule has 2 N–H and O–H groups in total. The zero-order valence-corrected chi connectivity index (χ0v) is 6.11. The summed E-state index contributed by atoms with van der Waals surface area (Å²) >= 11 is 0. The van der Waals surface area contributed by atoms with E-state index in [9.17, 15) is 18.0 Å². The molecular weight excluding hydrogens is 175 g/mol. The molecule has 0 saturated heterocycles. The Labute approximate surface area is 66.6 Å². The van der Waals surface area contributed by atoms with Gasteiger partial charge in [-0.2, -0.15) is 13.2 Å². The normalized spacial score (nSPS) is 20.6. The van der Waals surface area contributed by atoms with Crippen LogP contribution in [0.3, 0.4) is 0 Å². The summed E-state index contributed by atoms with van der Waals surface area (Å²) in [5, 5.41) is 10.5. The first-order valence-electron chi connectivity index (χ1n) is 3.41. The second kappa shape index (κ2) is 2.62. The Balaban J connectivity index is 2.37. The van der Waals surface area contributed by atoms with Gasteiger partial charge in [0.25, 0.3) is 0 Å². The van der Waals surface area contributed by atoms with Crippen LogP contribution >= 0.6 is 0 Å². The average Bonchev–Trinajstić information content (AvgIpc) is 2.61. The van der Waals surface area contributed by atoms with Gasteiger partial charge in [0.1, 0.15) is 5.54 Å². The van der Waals surface area contributed by atoms with Gasteiger partial charge in [-0.3, -0.25) is 10.1 Å². The summed E-state index contributed by atoms with van der Waals surface area (Å²) in [5.41, 5.74) is -1.30. The number of carbonyl (C=O) groups is 1. The van der Waals surface area contributed by atoms with Gasteiger partial charge in [0.15, 0.2) is 0 Å². The molecule has 6 heteroatoms. The van der Waals surface area contributed by atoms with Gasteiger partial charge in [-0.05, 0) is 12.8 Å². The number of hydrogen-bond acceptors (Lipinski definition) is 2. The molecule has 70 valence electrons. The zero-order valence-electron chi connectivity index (χ0n) is 6.11. The molecule has 0 radical (unpaired) electrons. The summed E-state index contributed by atoms with van der Waals surface area (Å²) in [5.74, 6) is -1.20. The maximum atomic E-state index is 11.6. The average molecular weight is 183 g/mol. The fraction of sp³-hybridized carbons (Fsp3) is 0.833. The Morgan fingerprint density at radius 2 is 2.00 bits per heavy atom. The molecule has 3 nitrogen and oxygen atoms in total. The summed E-state index contributed by atoms with van der Waals surface area (Å²) in [6, 6.07) is 0. The van der Waals surface area contributed by atoms with E-state index in [0.717, 1.165) is 0 Å². The van der Waals surface area contributed by atoms with Crippen molar-refractivity contribution in [3.05, 3.63) is 0 Å². The third-order valence-electron chi connectivity index (χ3n) is 1.79. The lowest BCUT2D eigenvalue weighted by Crippen LogP contribution is -2.44. The van der Waals surface area contributed by atoms with Crippen molar-refractivity contribution in [1.82, 2.24) is 5.32 Å². The van der Waals surface area contributed by atoms with Crippen LogP contribution in [-0.2, 0) is 4.79 Å². The molecule has 0 heterocycles. The number of nitrogens with one attached hydrogen (secondary N) is 1. The van der Waals surface area contributed by atoms with Crippen molar-refractivity contribution in [1.29, 1.82) is 0 Å². The van der Waals surface area contributed by atoms with E-state index in [1.165, 1.54) is 0 Å². The number of carboxylic acid groups (broad SMARTS) is 1. The maximum Gasteiger partial charge on any atom is 0.401 e. The van der Waals surface area contributed by atoms with E-state index in [0.29, 0.717) is 0 Å². The Kier molecular flexibility index (Phi) is 2.03. The number of carboxylic acids is 1. The highest BCUT2D eigenvalue weighted by Crippen LogP contribution is 2.36. The first-order chi connectivity index (χ1) is 5.36. The second-order valence-electron chi connectivity index (χ2n) is 2.86. The molecule has 1 fully saturated rings. The molecule has 0 aromatic rings. The number of halogens is 3. The van der Waals surface area contributed by atoms with Crippen LogP contribution in [0, 0.1) is 0 Å². The van der Waals surface area contributed by atoms with E-state index in [1.54, 1.807) is 0 Å². The Hall–Kier alpha value is -0.780. The van der Waals surface area contributed by atoms with Gasteiger partial charge in [-0.15, -0.1) is 0 Å². The quantitative estimate of drug-likeness (QED) is 0.678. The van der Waals surface area contributed by atoms with Crippen LogP contribution in [-0.4, -0.2) is 29.3 Å². The minimum Gasteiger partial charge on any atom is -0.480 e. The predicted octanol–water partition coefficient (Wildman–Crippen LogP) is 0.755. The standard InChI is InChI=1S/C6H8F3NO2/c7-6(8,9)3-10-5(1-2-5)4(11)12/h10H,1-3H2,(H,11,12). The fourth-order valence-electron chi connectivity index (χ4n) is 0.861. The van der Waals surface area contributed by atoms with Crippen LogP contribution in [0.5, 0.6) is 0 Å². The van der Waals surface area contributed by atoms with Crippen LogP contribution in [0.15, 0.2) is 0 Å². The van der Waals surface area contributed by atoms with Crippen LogP contribution in [0.4, 0.5) is 13.2 Å². The van der Waals surface area contributed by atoms with Gasteiger partial charge in [-0.1, -0.05) is 0 Å². The van der Waals surface area contributed by atoms with E-state index in [-0.39, 0.29) is 12.8 Å². The topological polar surface area (TPSA) is 49.3 Å². The van der Waals surface area contributed by atoms with Gasteiger partial charge >= 0.3 is 12.1 Å². The molecule has 0 aromatic heterocycles. The minimum absolute atomic E-state index is 0.276. The molecule has 0 atom stereocenters. The molecule has 1 saturated carbocycles. The fourth-order valence-corrected chi connectivity index (χ4v) is 0.861. The molecule has 0 amide bonds. The largest absolute Gasteiger partial charge is 0.480 e. The van der Waals surface area contributed by atoms with Crippen LogP contribution in [0.25, 0.3) is 0 Å². The van der Waals surface area contributed by atoms with Crippen molar-refractivity contribution in [3.63, 3.8) is 0 Å². The zero-order chi connectivity index (χ0) is 9.41.